The van der Waals surface area contributed by atoms with Gasteiger partial charge >= 0.3 is 0 Å². The summed E-state index contributed by atoms with van der Waals surface area (Å²) in [6.07, 6.45) is 1.49. The summed E-state index contributed by atoms with van der Waals surface area (Å²) < 4.78 is 0. The molecule has 0 saturated carbocycles. The molecule has 0 fully saturated rings. The molecule has 0 radical (unpaired) electrons. The number of ketones is 1. The highest BCUT2D eigenvalue weighted by molar-refractivity contribution is 6.30. The van der Waals surface area contributed by atoms with E-state index < -0.39 is 0 Å². The van der Waals surface area contributed by atoms with Crippen molar-refractivity contribution in [3.8, 4) is 0 Å². The molecule has 1 heterocycles. The van der Waals surface area contributed by atoms with E-state index in [1.54, 1.807) is 12.1 Å². The molecular weight excluding hydrogens is 186 g/mol. The molecule has 1 rings (SSSR count). The van der Waals surface area contributed by atoms with Crippen molar-refractivity contribution in [2.75, 3.05) is 0 Å². The average Bonchev–Trinajstić information content (AvgIpc) is 2.03. The lowest BCUT2D eigenvalue weighted by atomic mass is 9.89. The van der Waals surface area contributed by atoms with Gasteiger partial charge in [-0.3, -0.25) is 9.78 Å². The van der Waals surface area contributed by atoms with Crippen LogP contribution in [0.25, 0.3) is 0 Å². The first kappa shape index (κ1) is 10.2. The minimum Gasteiger partial charge on any atom is -0.292 e. The number of carbonyl (C=O) groups is 1. The minimum atomic E-state index is -0.388. The molecule has 0 unspecified atom stereocenters. The number of rotatable bonds is 1. The lowest BCUT2D eigenvalue weighted by Gasteiger charge is -2.15. The van der Waals surface area contributed by atoms with Crippen LogP contribution in [0.4, 0.5) is 0 Å². The molecule has 0 spiro atoms. The fourth-order valence-electron chi connectivity index (χ4n) is 0.894. The van der Waals surface area contributed by atoms with Gasteiger partial charge in [0.15, 0.2) is 5.78 Å². The molecular formula is C10H12ClNO. The highest BCUT2D eigenvalue weighted by Crippen LogP contribution is 2.19. The summed E-state index contributed by atoms with van der Waals surface area (Å²) in [6.45, 7) is 5.60. The molecule has 0 aliphatic carbocycles. The van der Waals surface area contributed by atoms with Gasteiger partial charge in [0.05, 0.1) is 5.02 Å². The Morgan fingerprint density at radius 1 is 1.38 bits per heavy atom. The van der Waals surface area contributed by atoms with Crippen molar-refractivity contribution in [2.45, 2.75) is 20.8 Å². The molecule has 2 nitrogen and oxygen atoms in total. The first-order chi connectivity index (χ1) is 5.91. The fraction of sp³-hybridized carbons (Fsp3) is 0.400. The number of aromatic nitrogens is 1. The van der Waals surface area contributed by atoms with Crippen molar-refractivity contribution in [1.29, 1.82) is 0 Å². The summed E-state index contributed by atoms with van der Waals surface area (Å²) in [6, 6.07) is 3.32. The Morgan fingerprint density at radius 2 is 2.00 bits per heavy atom. The van der Waals surface area contributed by atoms with E-state index in [1.165, 1.54) is 6.20 Å². The van der Waals surface area contributed by atoms with Gasteiger partial charge in [0, 0.05) is 11.6 Å². The Hall–Kier alpha value is -0.890. The zero-order valence-electron chi connectivity index (χ0n) is 7.97. The van der Waals surface area contributed by atoms with Crippen LogP contribution in [0.5, 0.6) is 0 Å². The molecule has 0 bridgehead atoms. The number of hydrogen-bond acceptors (Lipinski definition) is 2. The summed E-state index contributed by atoms with van der Waals surface area (Å²) in [5.41, 5.74) is 0.0813. The van der Waals surface area contributed by atoms with Crippen LogP contribution in [0.1, 0.15) is 31.3 Å². The molecule has 0 saturated heterocycles. The number of pyridine rings is 1. The highest BCUT2D eigenvalue weighted by atomic mass is 35.5. The number of carbonyl (C=O) groups excluding carboxylic acids is 1. The van der Waals surface area contributed by atoms with E-state index in [2.05, 4.69) is 4.98 Å². The minimum absolute atomic E-state index is 0.0316. The van der Waals surface area contributed by atoms with Crippen LogP contribution < -0.4 is 0 Å². The van der Waals surface area contributed by atoms with Crippen LogP contribution in [-0.4, -0.2) is 10.8 Å². The second kappa shape index (κ2) is 3.46. The highest BCUT2D eigenvalue weighted by Gasteiger charge is 2.23. The van der Waals surface area contributed by atoms with Gasteiger partial charge in [-0.25, -0.2) is 0 Å². The summed E-state index contributed by atoms with van der Waals surface area (Å²) in [5.74, 6) is 0.0316. The third kappa shape index (κ3) is 2.52. The predicted octanol–water partition coefficient (Wildman–Crippen LogP) is 2.96. The van der Waals surface area contributed by atoms with Gasteiger partial charge in [0.1, 0.15) is 5.69 Å². The maximum absolute atomic E-state index is 11.7. The van der Waals surface area contributed by atoms with Gasteiger partial charge in [0.25, 0.3) is 0 Å². The number of nitrogens with zero attached hydrogens (tertiary/aromatic N) is 1. The number of hydrogen-bond donors (Lipinski definition) is 0. The largest absolute Gasteiger partial charge is 0.292 e. The van der Waals surface area contributed by atoms with E-state index in [0.29, 0.717) is 10.7 Å². The smallest absolute Gasteiger partial charge is 0.186 e. The van der Waals surface area contributed by atoms with Crippen molar-refractivity contribution in [3.63, 3.8) is 0 Å². The zero-order chi connectivity index (χ0) is 10.1. The zero-order valence-corrected chi connectivity index (χ0v) is 8.72. The Morgan fingerprint density at radius 3 is 2.38 bits per heavy atom. The molecule has 0 atom stereocenters. The van der Waals surface area contributed by atoms with E-state index in [4.69, 9.17) is 11.6 Å². The van der Waals surface area contributed by atoms with Crippen LogP contribution >= 0.6 is 11.6 Å². The van der Waals surface area contributed by atoms with Gasteiger partial charge in [-0.15, -0.1) is 0 Å². The van der Waals surface area contributed by atoms with E-state index in [1.807, 2.05) is 20.8 Å². The fourth-order valence-corrected chi connectivity index (χ4v) is 1.01. The van der Waals surface area contributed by atoms with Gasteiger partial charge in [-0.1, -0.05) is 32.4 Å². The molecule has 0 amide bonds. The SMILES string of the molecule is CC(C)(C)C(=O)c1ccc(Cl)cn1. The molecule has 3 heteroatoms. The maximum Gasteiger partial charge on any atom is 0.186 e. The van der Waals surface area contributed by atoms with E-state index in [-0.39, 0.29) is 11.2 Å². The molecule has 70 valence electrons. The van der Waals surface area contributed by atoms with Crippen LogP contribution in [-0.2, 0) is 0 Å². The molecule has 0 N–H and O–H groups in total. The monoisotopic (exact) mass is 197 g/mol. The third-order valence-electron chi connectivity index (χ3n) is 1.64. The Bertz CT molecular complexity index is 311. The van der Waals surface area contributed by atoms with Crippen molar-refractivity contribution >= 4 is 17.4 Å². The molecule has 0 aliphatic heterocycles. The van der Waals surface area contributed by atoms with Crippen molar-refractivity contribution in [3.05, 3.63) is 29.0 Å². The first-order valence-electron chi connectivity index (χ1n) is 4.07. The quantitative estimate of drug-likeness (QED) is 0.648. The van der Waals surface area contributed by atoms with Gasteiger partial charge in [-0.2, -0.15) is 0 Å². The topological polar surface area (TPSA) is 30.0 Å². The van der Waals surface area contributed by atoms with Crippen molar-refractivity contribution < 1.29 is 4.79 Å². The summed E-state index contributed by atoms with van der Waals surface area (Å²) in [4.78, 5) is 15.6. The standard InChI is InChI=1S/C10H12ClNO/c1-10(2,3)9(13)8-5-4-7(11)6-12-8/h4-6H,1-3H3. The van der Waals surface area contributed by atoms with Crippen molar-refractivity contribution in [1.82, 2.24) is 4.98 Å². The second-order valence-corrected chi connectivity index (χ2v) is 4.38. The van der Waals surface area contributed by atoms with Gasteiger partial charge in [-0.05, 0) is 12.1 Å². The predicted molar refractivity (Wildman–Crippen MR) is 53.0 cm³/mol. The van der Waals surface area contributed by atoms with Crippen LogP contribution in [0.3, 0.4) is 0 Å². The number of Topliss-reactive ketones (excluding diaryl/α,β-unsaturated/α-hetero) is 1. The summed E-state index contributed by atoms with van der Waals surface area (Å²) in [5, 5.41) is 0.547. The van der Waals surface area contributed by atoms with Gasteiger partial charge in [0.2, 0.25) is 0 Å². The Balaban J connectivity index is 2.97. The lowest BCUT2D eigenvalue weighted by molar-refractivity contribution is 0.0853. The molecule has 0 aliphatic rings. The van der Waals surface area contributed by atoms with Crippen LogP contribution in [0.2, 0.25) is 5.02 Å². The lowest BCUT2D eigenvalue weighted by Crippen LogP contribution is -2.21. The van der Waals surface area contributed by atoms with Crippen LogP contribution in [0.15, 0.2) is 18.3 Å². The van der Waals surface area contributed by atoms with Gasteiger partial charge < -0.3 is 0 Å². The van der Waals surface area contributed by atoms with E-state index in [0.717, 1.165) is 0 Å². The molecule has 1 aromatic heterocycles. The van der Waals surface area contributed by atoms with E-state index >= 15 is 0 Å². The molecule has 0 aromatic carbocycles. The summed E-state index contributed by atoms with van der Waals surface area (Å²) >= 11 is 5.66. The second-order valence-electron chi connectivity index (χ2n) is 3.94. The normalized spacial score (nSPS) is 11.4. The maximum atomic E-state index is 11.7. The van der Waals surface area contributed by atoms with Crippen molar-refractivity contribution in [2.24, 2.45) is 5.41 Å². The summed E-state index contributed by atoms with van der Waals surface area (Å²) in [7, 11) is 0. The Kier molecular flexibility index (Phi) is 2.71. The molecule has 13 heavy (non-hydrogen) atoms. The average molecular weight is 198 g/mol. The Labute approximate surface area is 82.9 Å². The first-order valence-corrected chi connectivity index (χ1v) is 4.45. The third-order valence-corrected chi connectivity index (χ3v) is 1.86. The number of halogens is 1. The molecule has 1 aromatic rings. The van der Waals surface area contributed by atoms with E-state index in [9.17, 15) is 4.79 Å². The van der Waals surface area contributed by atoms with Crippen LogP contribution in [0, 0.1) is 5.41 Å².